The van der Waals surface area contributed by atoms with E-state index in [2.05, 4.69) is 20.2 Å². The van der Waals surface area contributed by atoms with Gasteiger partial charge >= 0.3 is 6.09 Å². The molecule has 1 aromatic heterocycles. The van der Waals surface area contributed by atoms with E-state index in [-0.39, 0.29) is 6.09 Å². The summed E-state index contributed by atoms with van der Waals surface area (Å²) >= 11 is 0. The maximum absolute atomic E-state index is 11.7. The smallest absolute Gasteiger partial charge is 0.407 e. The molecule has 0 radical (unpaired) electrons. The molecular formula is C18H24N4O2. The lowest BCUT2D eigenvalue weighted by Crippen LogP contribution is -2.36. The van der Waals surface area contributed by atoms with Gasteiger partial charge in [0.1, 0.15) is 11.4 Å². The van der Waals surface area contributed by atoms with Gasteiger partial charge < -0.3 is 15.0 Å². The van der Waals surface area contributed by atoms with E-state index in [0.29, 0.717) is 12.5 Å². The lowest BCUT2D eigenvalue weighted by molar-refractivity contribution is 0.0520. The van der Waals surface area contributed by atoms with E-state index in [0.717, 1.165) is 36.4 Å². The fourth-order valence-corrected chi connectivity index (χ4v) is 2.85. The van der Waals surface area contributed by atoms with Crippen LogP contribution in [-0.4, -0.2) is 41.3 Å². The molecule has 1 aromatic carbocycles. The third-order valence-electron chi connectivity index (χ3n) is 3.98. The van der Waals surface area contributed by atoms with E-state index in [9.17, 15) is 4.79 Å². The van der Waals surface area contributed by atoms with Crippen molar-refractivity contribution in [2.75, 3.05) is 24.5 Å². The molecule has 1 aliphatic heterocycles. The van der Waals surface area contributed by atoms with Crippen molar-refractivity contribution in [1.82, 2.24) is 15.3 Å². The molecule has 1 saturated heterocycles. The quantitative estimate of drug-likeness (QED) is 0.938. The van der Waals surface area contributed by atoms with E-state index >= 15 is 0 Å². The normalized spacial score (nSPS) is 18.0. The van der Waals surface area contributed by atoms with Gasteiger partial charge in [0.05, 0.1) is 17.2 Å². The van der Waals surface area contributed by atoms with Crippen LogP contribution in [0.25, 0.3) is 11.0 Å². The van der Waals surface area contributed by atoms with Crippen molar-refractivity contribution in [3.05, 3.63) is 30.5 Å². The molecule has 2 heterocycles. The number of nitrogens with one attached hydrogen (secondary N) is 1. The van der Waals surface area contributed by atoms with Crippen LogP contribution in [0.3, 0.4) is 0 Å². The summed E-state index contributed by atoms with van der Waals surface area (Å²) in [5.74, 6) is 1.29. The summed E-state index contributed by atoms with van der Waals surface area (Å²) < 4.78 is 5.27. The molecule has 128 valence electrons. The zero-order chi connectivity index (χ0) is 17.2. The number of para-hydroxylation sites is 2. The number of nitrogens with zero attached hydrogens (tertiary/aromatic N) is 3. The first-order valence-electron chi connectivity index (χ1n) is 8.34. The van der Waals surface area contributed by atoms with Gasteiger partial charge in [-0.1, -0.05) is 12.1 Å². The highest BCUT2D eigenvalue weighted by Crippen LogP contribution is 2.23. The molecule has 6 nitrogen and oxygen atoms in total. The first-order valence-corrected chi connectivity index (χ1v) is 8.34. The first-order chi connectivity index (χ1) is 11.4. The average Bonchev–Trinajstić information content (AvgIpc) is 3.00. The number of rotatable bonds is 3. The Balaban J connectivity index is 1.55. The summed E-state index contributed by atoms with van der Waals surface area (Å²) in [4.78, 5) is 23.1. The molecular weight excluding hydrogens is 304 g/mol. The number of ether oxygens (including phenoxy) is 1. The Morgan fingerprint density at radius 1 is 1.33 bits per heavy atom. The number of aromatic nitrogens is 2. The molecule has 0 aliphatic carbocycles. The van der Waals surface area contributed by atoms with Gasteiger partial charge in [-0.15, -0.1) is 0 Å². The first kappa shape index (κ1) is 16.5. The number of carbonyl (C=O) groups excluding carboxylic acids is 1. The van der Waals surface area contributed by atoms with Crippen molar-refractivity contribution < 1.29 is 9.53 Å². The van der Waals surface area contributed by atoms with Gasteiger partial charge in [-0.3, -0.25) is 4.98 Å². The molecule has 1 aliphatic rings. The minimum absolute atomic E-state index is 0.355. The fourth-order valence-electron chi connectivity index (χ4n) is 2.85. The largest absolute Gasteiger partial charge is 0.444 e. The topological polar surface area (TPSA) is 67.3 Å². The third-order valence-corrected chi connectivity index (χ3v) is 3.98. The van der Waals surface area contributed by atoms with Crippen LogP contribution in [0.2, 0.25) is 0 Å². The minimum atomic E-state index is -0.466. The highest BCUT2D eigenvalue weighted by atomic mass is 16.6. The molecule has 1 N–H and O–H groups in total. The molecule has 3 rings (SSSR count). The number of alkyl carbamates (subject to hydrolysis) is 1. The van der Waals surface area contributed by atoms with Gasteiger partial charge in [-0.05, 0) is 45.2 Å². The predicted molar refractivity (Wildman–Crippen MR) is 94.1 cm³/mol. The average molecular weight is 328 g/mol. The van der Waals surface area contributed by atoms with Crippen LogP contribution in [0.4, 0.5) is 10.6 Å². The molecule has 1 unspecified atom stereocenters. The number of amides is 1. The maximum Gasteiger partial charge on any atom is 0.407 e. The van der Waals surface area contributed by atoms with Crippen LogP contribution in [0.5, 0.6) is 0 Å². The summed E-state index contributed by atoms with van der Waals surface area (Å²) in [5, 5.41) is 2.86. The van der Waals surface area contributed by atoms with Crippen LogP contribution in [-0.2, 0) is 4.74 Å². The van der Waals surface area contributed by atoms with E-state index in [1.165, 1.54) is 0 Å². The summed E-state index contributed by atoms with van der Waals surface area (Å²) in [7, 11) is 0. The molecule has 2 aromatic rings. The highest BCUT2D eigenvalue weighted by molar-refractivity contribution is 5.75. The van der Waals surface area contributed by atoms with Gasteiger partial charge in [0.25, 0.3) is 0 Å². The van der Waals surface area contributed by atoms with Crippen LogP contribution in [0, 0.1) is 5.92 Å². The number of anilines is 1. The molecule has 6 heteroatoms. The summed E-state index contributed by atoms with van der Waals surface area (Å²) in [6, 6.07) is 7.87. The van der Waals surface area contributed by atoms with E-state index in [4.69, 9.17) is 4.74 Å². The Kier molecular flexibility index (Phi) is 4.55. The zero-order valence-corrected chi connectivity index (χ0v) is 14.5. The Morgan fingerprint density at radius 2 is 2.08 bits per heavy atom. The molecule has 1 atom stereocenters. The second-order valence-electron chi connectivity index (χ2n) is 7.20. The number of carbonyl (C=O) groups is 1. The Bertz CT molecular complexity index is 726. The van der Waals surface area contributed by atoms with Crippen molar-refractivity contribution in [3.8, 4) is 0 Å². The van der Waals surface area contributed by atoms with Crippen molar-refractivity contribution >= 4 is 22.9 Å². The molecule has 1 amide bonds. The van der Waals surface area contributed by atoms with Gasteiger partial charge in [0.2, 0.25) is 0 Å². The van der Waals surface area contributed by atoms with Crippen molar-refractivity contribution in [2.45, 2.75) is 32.8 Å². The van der Waals surface area contributed by atoms with Crippen molar-refractivity contribution in [1.29, 1.82) is 0 Å². The Labute approximate surface area is 142 Å². The second-order valence-corrected chi connectivity index (χ2v) is 7.20. The Hall–Kier alpha value is -2.37. The molecule has 0 spiro atoms. The Morgan fingerprint density at radius 3 is 2.83 bits per heavy atom. The van der Waals surface area contributed by atoms with E-state index in [1.54, 1.807) is 0 Å². The van der Waals surface area contributed by atoms with Crippen molar-refractivity contribution in [2.24, 2.45) is 5.92 Å². The number of fused-ring (bicyclic) bond motifs is 1. The van der Waals surface area contributed by atoms with Crippen molar-refractivity contribution in [3.63, 3.8) is 0 Å². The van der Waals surface area contributed by atoms with Gasteiger partial charge in [0.15, 0.2) is 0 Å². The van der Waals surface area contributed by atoms with Gasteiger partial charge in [0, 0.05) is 19.6 Å². The summed E-state index contributed by atoms with van der Waals surface area (Å²) in [5.41, 5.74) is 1.35. The summed E-state index contributed by atoms with van der Waals surface area (Å²) in [6.07, 6.45) is 2.49. The SMILES string of the molecule is CC(C)(C)OC(=O)NCC1CCN(c2cnc3ccccc3n2)C1. The standard InChI is InChI=1S/C18H24N4O2/c1-18(2,3)24-17(23)20-10-13-8-9-22(12-13)16-11-19-14-6-4-5-7-15(14)21-16/h4-7,11,13H,8-10,12H2,1-3H3,(H,20,23). The van der Waals surface area contributed by atoms with Crippen LogP contribution < -0.4 is 10.2 Å². The fraction of sp³-hybridized carbons (Fsp3) is 0.500. The maximum atomic E-state index is 11.7. The zero-order valence-electron chi connectivity index (χ0n) is 14.5. The summed E-state index contributed by atoms with van der Waals surface area (Å²) in [6.45, 7) is 8.00. The number of hydrogen-bond donors (Lipinski definition) is 1. The van der Waals surface area contributed by atoms with Gasteiger partial charge in [-0.2, -0.15) is 0 Å². The second kappa shape index (κ2) is 6.63. The predicted octanol–water partition coefficient (Wildman–Crippen LogP) is 2.98. The van der Waals surface area contributed by atoms with Crippen LogP contribution in [0.1, 0.15) is 27.2 Å². The monoisotopic (exact) mass is 328 g/mol. The minimum Gasteiger partial charge on any atom is -0.444 e. The molecule has 1 fully saturated rings. The molecule has 0 saturated carbocycles. The molecule has 0 bridgehead atoms. The lowest BCUT2D eigenvalue weighted by atomic mass is 10.1. The van der Waals surface area contributed by atoms with Gasteiger partial charge in [-0.25, -0.2) is 9.78 Å². The number of hydrogen-bond acceptors (Lipinski definition) is 5. The number of benzene rings is 1. The van der Waals surface area contributed by atoms with Crippen LogP contribution in [0.15, 0.2) is 30.5 Å². The van der Waals surface area contributed by atoms with E-state index in [1.807, 2.05) is 51.2 Å². The van der Waals surface area contributed by atoms with Crippen LogP contribution >= 0.6 is 0 Å². The molecule has 24 heavy (non-hydrogen) atoms. The highest BCUT2D eigenvalue weighted by Gasteiger charge is 2.25. The van der Waals surface area contributed by atoms with E-state index < -0.39 is 5.60 Å². The lowest BCUT2D eigenvalue weighted by Gasteiger charge is -2.21. The third kappa shape index (κ3) is 4.13.